The first kappa shape index (κ1) is 17.9. The maximum absolute atomic E-state index is 6.39. The Morgan fingerprint density at radius 3 is 2.17 bits per heavy atom. The fourth-order valence-electron chi connectivity index (χ4n) is 4.53. The van der Waals surface area contributed by atoms with Crippen LogP contribution < -0.4 is 4.57 Å². The number of hydrogen-bond acceptors (Lipinski definition) is 1. The van der Waals surface area contributed by atoms with Crippen molar-refractivity contribution in [2.75, 3.05) is 0 Å². The molecule has 0 spiro atoms. The van der Waals surface area contributed by atoms with Gasteiger partial charge in [0.1, 0.15) is 12.6 Å². The van der Waals surface area contributed by atoms with Gasteiger partial charge in [0.05, 0.1) is 5.56 Å². The van der Waals surface area contributed by atoms with Gasteiger partial charge >= 0.3 is 0 Å². The first-order chi connectivity index (χ1) is 13.9. The van der Waals surface area contributed by atoms with Crippen molar-refractivity contribution >= 4 is 32.7 Å². The smallest absolute Gasteiger partial charge is 0.256 e. The molecule has 5 rings (SSSR count). The van der Waals surface area contributed by atoms with Crippen LogP contribution in [-0.2, 0) is 12.5 Å². The zero-order valence-electron chi connectivity index (χ0n) is 17.7. The van der Waals surface area contributed by atoms with Crippen LogP contribution in [0.5, 0.6) is 0 Å². The lowest BCUT2D eigenvalue weighted by Gasteiger charge is -2.23. The molecule has 2 heterocycles. The van der Waals surface area contributed by atoms with Crippen molar-refractivity contribution in [1.82, 2.24) is 0 Å². The van der Waals surface area contributed by atoms with Gasteiger partial charge in [0, 0.05) is 16.8 Å². The van der Waals surface area contributed by atoms with Gasteiger partial charge < -0.3 is 4.42 Å². The molecule has 29 heavy (non-hydrogen) atoms. The molecule has 0 atom stereocenters. The zero-order chi connectivity index (χ0) is 20.3. The third-order valence-corrected chi connectivity index (χ3v) is 6.04. The Kier molecular flexibility index (Phi) is 3.82. The van der Waals surface area contributed by atoms with Crippen LogP contribution in [0.2, 0.25) is 0 Å². The second-order valence-corrected chi connectivity index (χ2v) is 9.01. The van der Waals surface area contributed by atoms with E-state index < -0.39 is 0 Å². The van der Waals surface area contributed by atoms with Crippen LogP contribution in [0.3, 0.4) is 0 Å². The molecule has 0 saturated carbocycles. The number of aryl methyl sites for hydroxylation is 2. The third-order valence-electron chi connectivity index (χ3n) is 6.04. The topological polar surface area (TPSA) is 17.0 Å². The standard InChI is InChI=1S/C27H26NO/c1-17-18-10-6-7-11-19(18)23(27(2,3)4)16-22(17)25-26-21(14-15-28(25)5)20-12-8-9-13-24(20)29-26/h6-16H,1-5H3/q+1. The zero-order valence-corrected chi connectivity index (χ0v) is 17.7. The van der Waals surface area contributed by atoms with Crippen molar-refractivity contribution in [1.29, 1.82) is 0 Å². The summed E-state index contributed by atoms with van der Waals surface area (Å²) < 4.78 is 8.58. The van der Waals surface area contributed by atoms with Gasteiger partial charge in [-0.3, -0.25) is 0 Å². The minimum atomic E-state index is 0.0440. The van der Waals surface area contributed by atoms with E-state index in [2.05, 4.69) is 94.0 Å². The lowest BCUT2D eigenvalue weighted by atomic mass is 9.80. The number of fused-ring (bicyclic) bond motifs is 4. The number of benzene rings is 3. The van der Waals surface area contributed by atoms with Gasteiger partial charge in [0.15, 0.2) is 6.20 Å². The van der Waals surface area contributed by atoms with E-state index in [4.69, 9.17) is 4.42 Å². The Hall–Kier alpha value is -3.13. The lowest BCUT2D eigenvalue weighted by molar-refractivity contribution is -0.659. The van der Waals surface area contributed by atoms with Crippen molar-refractivity contribution in [3.8, 4) is 11.3 Å². The SMILES string of the molecule is Cc1c(-c2c3oc4ccccc4c3cc[n+]2C)cc(C(C)(C)C)c2ccccc12. The van der Waals surface area contributed by atoms with Crippen LogP contribution in [0.15, 0.2) is 71.3 Å². The number of furan rings is 1. The molecule has 0 unspecified atom stereocenters. The molecule has 2 heteroatoms. The highest BCUT2D eigenvalue weighted by atomic mass is 16.3. The van der Waals surface area contributed by atoms with E-state index in [1.165, 1.54) is 38.2 Å². The molecule has 0 fully saturated rings. The van der Waals surface area contributed by atoms with Crippen molar-refractivity contribution in [3.63, 3.8) is 0 Å². The van der Waals surface area contributed by atoms with E-state index in [0.717, 1.165) is 16.9 Å². The molecule has 0 aliphatic rings. The Balaban J connectivity index is 1.95. The van der Waals surface area contributed by atoms with Crippen LogP contribution in [-0.4, -0.2) is 0 Å². The summed E-state index contributed by atoms with van der Waals surface area (Å²) in [5, 5.41) is 4.97. The van der Waals surface area contributed by atoms with E-state index in [9.17, 15) is 0 Å². The summed E-state index contributed by atoms with van der Waals surface area (Å²) in [6.45, 7) is 9.09. The number of aromatic nitrogens is 1. The van der Waals surface area contributed by atoms with E-state index in [1.807, 2.05) is 12.1 Å². The monoisotopic (exact) mass is 380 g/mol. The number of hydrogen-bond donors (Lipinski definition) is 0. The average Bonchev–Trinajstić information content (AvgIpc) is 3.07. The highest BCUT2D eigenvalue weighted by molar-refractivity contribution is 6.09. The van der Waals surface area contributed by atoms with Crippen LogP contribution in [0.1, 0.15) is 31.9 Å². The molecule has 2 nitrogen and oxygen atoms in total. The van der Waals surface area contributed by atoms with E-state index in [0.29, 0.717) is 0 Å². The highest BCUT2D eigenvalue weighted by Crippen LogP contribution is 2.40. The summed E-state index contributed by atoms with van der Waals surface area (Å²) >= 11 is 0. The number of para-hydroxylation sites is 1. The van der Waals surface area contributed by atoms with Crippen LogP contribution >= 0.6 is 0 Å². The number of rotatable bonds is 1. The highest BCUT2D eigenvalue weighted by Gasteiger charge is 2.26. The molecule has 0 N–H and O–H groups in total. The molecule has 2 aromatic heterocycles. The van der Waals surface area contributed by atoms with E-state index in [-0.39, 0.29) is 5.41 Å². The Morgan fingerprint density at radius 1 is 0.793 bits per heavy atom. The summed E-state index contributed by atoms with van der Waals surface area (Å²) in [5.74, 6) is 0. The van der Waals surface area contributed by atoms with Crippen LogP contribution in [0.25, 0.3) is 44.0 Å². The predicted octanol–water partition coefficient (Wildman–Crippen LogP) is 6.84. The number of pyridine rings is 1. The second-order valence-electron chi connectivity index (χ2n) is 9.01. The molecule has 3 aromatic carbocycles. The lowest BCUT2D eigenvalue weighted by Crippen LogP contribution is -2.30. The average molecular weight is 381 g/mol. The minimum Gasteiger partial charge on any atom is -0.449 e. The maximum atomic E-state index is 6.39. The van der Waals surface area contributed by atoms with Crippen molar-refractivity contribution in [3.05, 3.63) is 78.0 Å². The van der Waals surface area contributed by atoms with E-state index >= 15 is 0 Å². The summed E-state index contributed by atoms with van der Waals surface area (Å²) in [4.78, 5) is 0. The van der Waals surface area contributed by atoms with Crippen LogP contribution in [0.4, 0.5) is 0 Å². The van der Waals surface area contributed by atoms with Gasteiger partial charge in [-0.05, 0) is 46.4 Å². The first-order valence-electron chi connectivity index (χ1n) is 10.2. The summed E-state index contributed by atoms with van der Waals surface area (Å²) in [6, 6.07) is 21.6. The normalized spacial score (nSPS) is 12.3. The molecule has 0 aliphatic heterocycles. The molecule has 5 aromatic rings. The molecule has 0 saturated heterocycles. The van der Waals surface area contributed by atoms with Gasteiger partial charge in [0.25, 0.3) is 5.69 Å². The Morgan fingerprint density at radius 2 is 1.45 bits per heavy atom. The first-order valence-corrected chi connectivity index (χ1v) is 10.2. The fourth-order valence-corrected chi connectivity index (χ4v) is 4.53. The Labute approximate surface area is 171 Å². The summed E-state index contributed by atoms with van der Waals surface area (Å²) in [5.41, 5.74) is 6.95. The second kappa shape index (κ2) is 6.18. The van der Waals surface area contributed by atoms with Gasteiger partial charge in [0.2, 0.25) is 5.58 Å². The largest absolute Gasteiger partial charge is 0.449 e. The predicted molar refractivity (Wildman–Crippen MR) is 121 cm³/mol. The van der Waals surface area contributed by atoms with Crippen LogP contribution in [0, 0.1) is 6.92 Å². The molecular formula is C27H26NO+. The van der Waals surface area contributed by atoms with Gasteiger partial charge in [-0.2, -0.15) is 4.57 Å². The van der Waals surface area contributed by atoms with Gasteiger partial charge in [-0.15, -0.1) is 0 Å². The molecule has 0 amide bonds. The molecule has 0 aliphatic carbocycles. The number of nitrogens with zero attached hydrogens (tertiary/aromatic N) is 1. The van der Waals surface area contributed by atoms with E-state index in [1.54, 1.807) is 0 Å². The molecule has 0 radical (unpaired) electrons. The molecular weight excluding hydrogens is 354 g/mol. The molecule has 144 valence electrons. The maximum Gasteiger partial charge on any atom is 0.256 e. The minimum absolute atomic E-state index is 0.0440. The summed E-state index contributed by atoms with van der Waals surface area (Å²) in [6.07, 6.45) is 2.14. The van der Waals surface area contributed by atoms with Crippen molar-refractivity contribution in [2.24, 2.45) is 7.05 Å². The van der Waals surface area contributed by atoms with Gasteiger partial charge in [-0.25, -0.2) is 0 Å². The van der Waals surface area contributed by atoms with Crippen molar-refractivity contribution < 1.29 is 8.98 Å². The third kappa shape index (κ3) is 2.66. The van der Waals surface area contributed by atoms with Crippen molar-refractivity contribution in [2.45, 2.75) is 33.1 Å². The fraction of sp³-hybridized carbons (Fsp3) is 0.222. The summed E-state index contributed by atoms with van der Waals surface area (Å²) in [7, 11) is 2.10. The Bertz CT molecular complexity index is 1400. The molecule has 0 bridgehead atoms. The quantitative estimate of drug-likeness (QED) is 0.291. The van der Waals surface area contributed by atoms with Gasteiger partial charge in [-0.1, -0.05) is 63.2 Å².